The predicted octanol–water partition coefficient (Wildman–Crippen LogP) is 3.96. The summed E-state index contributed by atoms with van der Waals surface area (Å²) in [7, 11) is 0. The largest absolute Gasteiger partial charge is 0.483 e. The monoisotopic (exact) mass is 443 g/mol. The van der Waals surface area contributed by atoms with Crippen molar-refractivity contribution in [1.82, 2.24) is 20.0 Å². The Labute approximate surface area is 191 Å². The fourth-order valence-corrected chi connectivity index (χ4v) is 4.31. The number of likely N-dealkylation sites (tertiary alicyclic amines) is 1. The lowest BCUT2D eigenvalue weighted by atomic mass is 9.92. The number of carbonyl (C=O) groups is 1. The lowest BCUT2D eigenvalue weighted by Crippen LogP contribution is -2.41. The van der Waals surface area contributed by atoms with Crippen LogP contribution in [-0.4, -0.2) is 45.6 Å². The standard InChI is InChI=1S/C25H25N5O3/c1-16-27-25(33-29-16)19-9-3-5-11-22(19)32-15-23(31)30-12-6-8-18(14-30)24-20(26)13-17-7-2-4-10-21(17)28-24/h2-5,7,9-11,13,18H,6,8,12,14-15,26H2,1H3/t18-/m1/s1. The van der Waals surface area contributed by atoms with E-state index in [4.69, 9.17) is 20.0 Å². The van der Waals surface area contributed by atoms with Crippen molar-refractivity contribution < 1.29 is 14.1 Å². The predicted molar refractivity (Wildman–Crippen MR) is 125 cm³/mol. The van der Waals surface area contributed by atoms with E-state index in [1.807, 2.05) is 53.4 Å². The second-order valence-electron chi connectivity index (χ2n) is 8.27. The number of nitrogen functional groups attached to an aromatic ring is 1. The normalized spacial score (nSPS) is 16.2. The van der Waals surface area contributed by atoms with E-state index in [1.54, 1.807) is 13.0 Å². The van der Waals surface area contributed by atoms with E-state index in [1.165, 1.54) is 0 Å². The van der Waals surface area contributed by atoms with Crippen molar-refractivity contribution >= 4 is 22.5 Å². The highest BCUT2D eigenvalue weighted by Gasteiger charge is 2.27. The number of hydrogen-bond donors (Lipinski definition) is 1. The average molecular weight is 444 g/mol. The second-order valence-corrected chi connectivity index (χ2v) is 8.27. The Morgan fingerprint density at radius 2 is 2.00 bits per heavy atom. The van der Waals surface area contributed by atoms with Gasteiger partial charge in [0.05, 0.1) is 22.5 Å². The molecule has 33 heavy (non-hydrogen) atoms. The van der Waals surface area contributed by atoms with Crippen LogP contribution in [0, 0.1) is 6.92 Å². The molecule has 8 nitrogen and oxygen atoms in total. The molecule has 0 unspecified atom stereocenters. The van der Waals surface area contributed by atoms with Crippen molar-refractivity contribution in [2.45, 2.75) is 25.7 Å². The van der Waals surface area contributed by atoms with Crippen molar-refractivity contribution in [2.75, 3.05) is 25.4 Å². The van der Waals surface area contributed by atoms with Gasteiger partial charge in [-0.05, 0) is 44.0 Å². The summed E-state index contributed by atoms with van der Waals surface area (Å²) in [5.74, 6) is 1.46. The number of nitrogens with zero attached hydrogens (tertiary/aromatic N) is 4. The molecule has 3 heterocycles. The van der Waals surface area contributed by atoms with Gasteiger partial charge in [-0.2, -0.15) is 4.98 Å². The van der Waals surface area contributed by atoms with Crippen molar-refractivity contribution in [3.63, 3.8) is 0 Å². The third kappa shape index (κ3) is 4.37. The molecule has 0 bridgehead atoms. The number of hydrogen-bond acceptors (Lipinski definition) is 7. The molecule has 1 fully saturated rings. The van der Waals surface area contributed by atoms with E-state index in [0.717, 1.165) is 29.4 Å². The molecule has 0 aliphatic carbocycles. The number of amides is 1. The molecule has 0 saturated carbocycles. The molecular formula is C25H25N5O3. The van der Waals surface area contributed by atoms with E-state index in [-0.39, 0.29) is 18.4 Å². The smallest absolute Gasteiger partial charge is 0.261 e. The average Bonchev–Trinajstić information content (AvgIpc) is 3.28. The summed E-state index contributed by atoms with van der Waals surface area (Å²) >= 11 is 0. The zero-order valence-corrected chi connectivity index (χ0v) is 18.4. The molecule has 8 heteroatoms. The van der Waals surface area contributed by atoms with E-state index in [0.29, 0.717) is 41.8 Å². The van der Waals surface area contributed by atoms with Crippen LogP contribution in [0.15, 0.2) is 59.1 Å². The van der Waals surface area contributed by atoms with Crippen LogP contribution < -0.4 is 10.5 Å². The Morgan fingerprint density at radius 3 is 2.85 bits per heavy atom. The summed E-state index contributed by atoms with van der Waals surface area (Å²) in [4.78, 5) is 23.9. The lowest BCUT2D eigenvalue weighted by Gasteiger charge is -2.33. The molecule has 168 valence electrons. The second kappa shape index (κ2) is 8.90. The van der Waals surface area contributed by atoms with Crippen LogP contribution in [0.1, 0.15) is 30.3 Å². The quantitative estimate of drug-likeness (QED) is 0.497. The number of fused-ring (bicyclic) bond motifs is 1. The maximum atomic E-state index is 13.0. The summed E-state index contributed by atoms with van der Waals surface area (Å²) < 4.78 is 11.1. The highest BCUT2D eigenvalue weighted by atomic mass is 16.5. The van der Waals surface area contributed by atoms with Crippen molar-refractivity contribution in [1.29, 1.82) is 0 Å². The number of nitrogens with two attached hydrogens (primary N) is 1. The van der Waals surface area contributed by atoms with Crippen LogP contribution in [0.25, 0.3) is 22.4 Å². The van der Waals surface area contributed by atoms with Gasteiger partial charge < -0.3 is 19.9 Å². The highest BCUT2D eigenvalue weighted by Crippen LogP contribution is 2.32. The summed E-state index contributed by atoms with van der Waals surface area (Å²) in [6, 6.07) is 17.2. The maximum absolute atomic E-state index is 13.0. The van der Waals surface area contributed by atoms with Crippen molar-refractivity contribution in [2.24, 2.45) is 0 Å². The van der Waals surface area contributed by atoms with Gasteiger partial charge >= 0.3 is 0 Å². The van der Waals surface area contributed by atoms with Crippen LogP contribution in [-0.2, 0) is 4.79 Å². The molecule has 2 aromatic carbocycles. The van der Waals surface area contributed by atoms with E-state index in [2.05, 4.69) is 10.1 Å². The summed E-state index contributed by atoms with van der Waals surface area (Å²) in [6.07, 6.45) is 1.84. The highest BCUT2D eigenvalue weighted by molar-refractivity contribution is 5.82. The number of para-hydroxylation sites is 2. The Hall–Kier alpha value is -3.94. The van der Waals surface area contributed by atoms with Gasteiger partial charge in [-0.25, -0.2) is 0 Å². The van der Waals surface area contributed by atoms with E-state index in [9.17, 15) is 4.79 Å². The maximum Gasteiger partial charge on any atom is 0.261 e. The zero-order chi connectivity index (χ0) is 22.8. The fraction of sp³-hybridized carbons (Fsp3) is 0.280. The Kier molecular flexibility index (Phi) is 5.64. The Morgan fingerprint density at radius 1 is 1.18 bits per heavy atom. The first-order chi connectivity index (χ1) is 16.1. The number of ether oxygens (including phenoxy) is 1. The number of rotatable bonds is 5. The summed E-state index contributed by atoms with van der Waals surface area (Å²) in [6.45, 7) is 2.94. The van der Waals surface area contributed by atoms with Crippen molar-refractivity contribution in [3.8, 4) is 17.2 Å². The Bertz CT molecular complexity index is 1300. The van der Waals surface area contributed by atoms with Gasteiger partial charge in [-0.15, -0.1) is 0 Å². The molecule has 1 aliphatic rings. The van der Waals surface area contributed by atoms with Crippen LogP contribution >= 0.6 is 0 Å². The van der Waals surface area contributed by atoms with E-state index >= 15 is 0 Å². The first-order valence-corrected chi connectivity index (χ1v) is 11.0. The SMILES string of the molecule is Cc1noc(-c2ccccc2OCC(=O)N2CCC[C@@H](c3nc4ccccc4cc3N)C2)n1. The molecule has 5 rings (SSSR count). The van der Waals surface area contributed by atoms with Gasteiger partial charge in [0, 0.05) is 24.4 Å². The molecule has 1 amide bonds. The lowest BCUT2D eigenvalue weighted by molar-refractivity contribution is -0.134. The molecule has 2 aromatic heterocycles. The van der Waals surface area contributed by atoms with Gasteiger partial charge in [-0.3, -0.25) is 9.78 Å². The third-order valence-corrected chi connectivity index (χ3v) is 5.94. The fourth-order valence-electron chi connectivity index (χ4n) is 4.31. The molecule has 4 aromatic rings. The van der Waals surface area contributed by atoms with Gasteiger partial charge in [0.1, 0.15) is 5.75 Å². The topological polar surface area (TPSA) is 107 Å². The minimum absolute atomic E-state index is 0.0719. The number of carbonyl (C=O) groups excluding carboxylic acids is 1. The zero-order valence-electron chi connectivity index (χ0n) is 18.4. The van der Waals surface area contributed by atoms with Crippen LogP contribution in [0.4, 0.5) is 5.69 Å². The number of benzene rings is 2. The van der Waals surface area contributed by atoms with Gasteiger partial charge in [0.15, 0.2) is 12.4 Å². The molecule has 1 atom stereocenters. The molecule has 1 saturated heterocycles. The molecule has 0 spiro atoms. The molecular weight excluding hydrogens is 418 g/mol. The first kappa shape index (κ1) is 20.9. The molecule has 1 aliphatic heterocycles. The first-order valence-electron chi connectivity index (χ1n) is 11.0. The van der Waals surface area contributed by atoms with Crippen LogP contribution in [0.3, 0.4) is 0 Å². The minimum Gasteiger partial charge on any atom is -0.483 e. The molecule has 0 radical (unpaired) electrons. The van der Waals surface area contributed by atoms with Crippen LogP contribution in [0.2, 0.25) is 0 Å². The van der Waals surface area contributed by atoms with Crippen LogP contribution in [0.5, 0.6) is 5.75 Å². The third-order valence-electron chi connectivity index (χ3n) is 5.94. The number of aromatic nitrogens is 3. The van der Waals surface area contributed by atoms with Gasteiger partial charge in [-0.1, -0.05) is 35.5 Å². The van der Waals surface area contributed by atoms with Crippen molar-refractivity contribution in [3.05, 3.63) is 66.1 Å². The number of aryl methyl sites for hydroxylation is 1. The summed E-state index contributed by atoms with van der Waals surface area (Å²) in [5.41, 5.74) is 9.46. The van der Waals surface area contributed by atoms with Gasteiger partial charge in [0.2, 0.25) is 0 Å². The number of anilines is 1. The van der Waals surface area contributed by atoms with E-state index < -0.39 is 0 Å². The minimum atomic E-state index is -0.0735. The molecule has 2 N–H and O–H groups in total. The van der Waals surface area contributed by atoms with Gasteiger partial charge in [0.25, 0.3) is 11.8 Å². The Balaban J connectivity index is 1.28. The number of pyridine rings is 1. The summed E-state index contributed by atoms with van der Waals surface area (Å²) in [5, 5.41) is 4.85. The number of piperidine rings is 1.